The molecule has 3 atom stereocenters. The Morgan fingerprint density at radius 3 is 2.20 bits per heavy atom. The molecule has 2 fully saturated rings. The topological polar surface area (TPSA) is 29.3 Å². The summed E-state index contributed by atoms with van der Waals surface area (Å²) in [7, 11) is 2.30. The van der Waals surface area contributed by atoms with Crippen LogP contribution in [-0.4, -0.2) is 30.1 Å². The van der Waals surface area contributed by atoms with Gasteiger partial charge < -0.3 is 10.6 Å². The van der Waals surface area contributed by atoms with E-state index >= 15 is 0 Å². The van der Waals surface area contributed by atoms with Crippen molar-refractivity contribution in [2.75, 3.05) is 7.05 Å². The van der Waals surface area contributed by atoms with E-state index in [0.29, 0.717) is 12.0 Å². The molecule has 0 aliphatic carbocycles. The number of rotatable bonds is 3. The molecule has 2 aliphatic rings. The zero-order valence-corrected chi connectivity index (χ0v) is 13.1. The second-order valence-electron chi connectivity index (χ2n) is 7.15. The van der Waals surface area contributed by atoms with Crippen molar-refractivity contribution in [3.63, 3.8) is 0 Å². The molecule has 20 heavy (non-hydrogen) atoms. The molecule has 0 radical (unpaired) electrons. The smallest absolute Gasteiger partial charge is 0.0109 e. The Hall–Kier alpha value is -0.860. The summed E-state index contributed by atoms with van der Waals surface area (Å²) in [5.74, 6) is 0.713. The van der Waals surface area contributed by atoms with Crippen LogP contribution in [0.3, 0.4) is 0 Å². The van der Waals surface area contributed by atoms with Crippen LogP contribution in [-0.2, 0) is 6.42 Å². The van der Waals surface area contributed by atoms with E-state index in [1.165, 1.54) is 42.4 Å². The zero-order chi connectivity index (χ0) is 14.3. The Kier molecular flexibility index (Phi) is 3.87. The van der Waals surface area contributed by atoms with Crippen molar-refractivity contribution in [2.24, 2.45) is 11.7 Å². The molecule has 110 valence electrons. The van der Waals surface area contributed by atoms with Gasteiger partial charge in [0.1, 0.15) is 0 Å². The predicted octanol–water partition coefficient (Wildman–Crippen LogP) is 3.05. The third kappa shape index (κ3) is 2.77. The summed E-state index contributed by atoms with van der Waals surface area (Å²) < 4.78 is 0. The van der Waals surface area contributed by atoms with Crippen LogP contribution in [0.5, 0.6) is 0 Å². The number of benzene rings is 1. The molecule has 2 bridgehead atoms. The van der Waals surface area contributed by atoms with Crippen LogP contribution in [0.15, 0.2) is 18.2 Å². The fourth-order valence-electron chi connectivity index (χ4n) is 4.43. The van der Waals surface area contributed by atoms with Crippen molar-refractivity contribution in [1.29, 1.82) is 0 Å². The van der Waals surface area contributed by atoms with Crippen LogP contribution >= 0.6 is 0 Å². The average molecular weight is 272 g/mol. The van der Waals surface area contributed by atoms with E-state index in [0.717, 1.165) is 18.5 Å². The van der Waals surface area contributed by atoms with Crippen LogP contribution in [0.25, 0.3) is 0 Å². The number of hydrogen-bond acceptors (Lipinski definition) is 2. The lowest BCUT2D eigenvalue weighted by molar-refractivity contribution is 0.120. The van der Waals surface area contributed by atoms with Gasteiger partial charge in [-0.25, -0.2) is 0 Å². The Labute approximate surface area is 123 Å². The normalized spacial score (nSPS) is 31.5. The predicted molar refractivity (Wildman–Crippen MR) is 84.9 cm³/mol. The fraction of sp³-hybridized carbons (Fsp3) is 0.667. The Balaban J connectivity index is 1.66. The second-order valence-corrected chi connectivity index (χ2v) is 7.15. The molecular weight excluding hydrogens is 244 g/mol. The molecule has 2 nitrogen and oxygen atoms in total. The highest BCUT2D eigenvalue weighted by atomic mass is 15.2. The molecule has 2 saturated heterocycles. The number of fused-ring (bicyclic) bond motifs is 2. The summed E-state index contributed by atoms with van der Waals surface area (Å²) in [6, 6.07) is 8.76. The third-order valence-electron chi connectivity index (χ3n) is 5.49. The summed E-state index contributed by atoms with van der Waals surface area (Å²) in [6.45, 7) is 4.36. The molecule has 3 unspecified atom stereocenters. The van der Waals surface area contributed by atoms with Gasteiger partial charge in [0, 0.05) is 18.1 Å². The summed E-state index contributed by atoms with van der Waals surface area (Å²) in [5, 5.41) is 0. The fourth-order valence-corrected chi connectivity index (χ4v) is 4.43. The van der Waals surface area contributed by atoms with Crippen molar-refractivity contribution in [3.05, 3.63) is 34.9 Å². The first-order valence-corrected chi connectivity index (χ1v) is 8.07. The second kappa shape index (κ2) is 5.50. The van der Waals surface area contributed by atoms with Gasteiger partial charge in [-0.3, -0.25) is 0 Å². The highest BCUT2D eigenvalue weighted by Gasteiger charge is 2.40. The number of hydrogen-bond donors (Lipinski definition) is 1. The molecule has 2 heterocycles. The first-order valence-electron chi connectivity index (χ1n) is 8.07. The van der Waals surface area contributed by atoms with Gasteiger partial charge in [0.25, 0.3) is 0 Å². The van der Waals surface area contributed by atoms with E-state index in [1.807, 2.05) is 0 Å². The molecule has 0 spiro atoms. The van der Waals surface area contributed by atoms with Crippen molar-refractivity contribution < 1.29 is 0 Å². The van der Waals surface area contributed by atoms with Crippen molar-refractivity contribution in [1.82, 2.24) is 4.90 Å². The maximum Gasteiger partial charge on any atom is 0.0109 e. The highest BCUT2D eigenvalue weighted by molar-refractivity contribution is 5.29. The SMILES string of the molecule is Cc1cc(C)cc(CC(N)C2CC3CCC(C2)N3C)c1. The minimum Gasteiger partial charge on any atom is -0.327 e. The molecule has 1 aromatic rings. The molecule has 2 aliphatic heterocycles. The largest absolute Gasteiger partial charge is 0.327 e. The lowest BCUT2D eigenvalue weighted by Crippen LogP contribution is -2.46. The molecule has 3 rings (SSSR count). The maximum atomic E-state index is 6.56. The van der Waals surface area contributed by atoms with E-state index in [4.69, 9.17) is 5.73 Å². The Morgan fingerprint density at radius 1 is 1.10 bits per heavy atom. The van der Waals surface area contributed by atoms with E-state index < -0.39 is 0 Å². The van der Waals surface area contributed by atoms with Gasteiger partial charge >= 0.3 is 0 Å². The van der Waals surface area contributed by atoms with Crippen molar-refractivity contribution in [2.45, 2.75) is 64.1 Å². The van der Waals surface area contributed by atoms with Gasteiger partial charge in [-0.1, -0.05) is 29.3 Å². The number of piperidine rings is 1. The van der Waals surface area contributed by atoms with Crippen LogP contribution in [0.2, 0.25) is 0 Å². The minimum absolute atomic E-state index is 0.327. The quantitative estimate of drug-likeness (QED) is 0.916. The molecule has 0 saturated carbocycles. The molecule has 2 N–H and O–H groups in total. The lowest BCUT2D eigenvalue weighted by Gasteiger charge is -2.38. The number of nitrogens with zero attached hydrogens (tertiary/aromatic N) is 1. The van der Waals surface area contributed by atoms with Crippen molar-refractivity contribution >= 4 is 0 Å². The van der Waals surface area contributed by atoms with Gasteiger partial charge in [-0.15, -0.1) is 0 Å². The summed E-state index contributed by atoms with van der Waals surface area (Å²) in [4.78, 5) is 2.60. The lowest BCUT2D eigenvalue weighted by atomic mass is 9.83. The number of aryl methyl sites for hydroxylation is 2. The standard InChI is InChI=1S/C18H28N2/c1-12-6-13(2)8-14(7-12)9-18(19)15-10-16-4-5-17(11-15)20(16)3/h6-8,15-18H,4-5,9-11,19H2,1-3H3. The van der Waals surface area contributed by atoms with Crippen LogP contribution in [0.4, 0.5) is 0 Å². The van der Waals surface area contributed by atoms with E-state index in [2.05, 4.69) is 44.0 Å². The van der Waals surface area contributed by atoms with Crippen LogP contribution < -0.4 is 5.73 Å². The van der Waals surface area contributed by atoms with E-state index in [1.54, 1.807) is 0 Å². The first-order chi connectivity index (χ1) is 9.52. The van der Waals surface area contributed by atoms with Crippen LogP contribution in [0, 0.1) is 19.8 Å². The Morgan fingerprint density at radius 2 is 1.65 bits per heavy atom. The van der Waals surface area contributed by atoms with Gasteiger partial charge in [-0.05, 0) is 64.5 Å². The van der Waals surface area contributed by atoms with Crippen LogP contribution in [0.1, 0.15) is 42.4 Å². The summed E-state index contributed by atoms with van der Waals surface area (Å²) in [5.41, 5.74) is 10.7. The van der Waals surface area contributed by atoms with Gasteiger partial charge in [0.2, 0.25) is 0 Å². The van der Waals surface area contributed by atoms with Gasteiger partial charge in [0.15, 0.2) is 0 Å². The maximum absolute atomic E-state index is 6.56. The minimum atomic E-state index is 0.327. The van der Waals surface area contributed by atoms with E-state index in [-0.39, 0.29) is 0 Å². The van der Waals surface area contributed by atoms with E-state index in [9.17, 15) is 0 Å². The zero-order valence-electron chi connectivity index (χ0n) is 13.1. The summed E-state index contributed by atoms with van der Waals surface area (Å²) in [6.07, 6.45) is 6.41. The first kappa shape index (κ1) is 14.1. The monoisotopic (exact) mass is 272 g/mol. The third-order valence-corrected chi connectivity index (χ3v) is 5.49. The molecule has 0 amide bonds. The molecule has 2 heteroatoms. The van der Waals surface area contributed by atoms with Gasteiger partial charge in [-0.2, -0.15) is 0 Å². The molecular formula is C18H28N2. The van der Waals surface area contributed by atoms with Crippen molar-refractivity contribution in [3.8, 4) is 0 Å². The highest BCUT2D eigenvalue weighted by Crippen LogP contribution is 2.38. The molecule has 1 aromatic carbocycles. The average Bonchev–Trinajstić information content (AvgIpc) is 2.61. The Bertz CT molecular complexity index is 448. The molecule has 0 aromatic heterocycles. The summed E-state index contributed by atoms with van der Waals surface area (Å²) >= 11 is 0. The van der Waals surface area contributed by atoms with Gasteiger partial charge in [0.05, 0.1) is 0 Å². The number of nitrogens with two attached hydrogens (primary N) is 1.